The summed E-state index contributed by atoms with van der Waals surface area (Å²) in [5.41, 5.74) is 2.97. The predicted molar refractivity (Wildman–Crippen MR) is 104 cm³/mol. The van der Waals surface area contributed by atoms with Crippen molar-refractivity contribution in [2.45, 2.75) is 38.8 Å². The molecule has 0 unspecified atom stereocenters. The number of rotatable bonds is 3. The largest absolute Gasteiger partial charge is 0.396 e. The lowest BCUT2D eigenvalue weighted by Crippen LogP contribution is -2.61. The van der Waals surface area contributed by atoms with Crippen molar-refractivity contribution in [1.29, 1.82) is 0 Å². The molecule has 0 aromatic heterocycles. The molecule has 2 heterocycles. The van der Waals surface area contributed by atoms with Crippen LogP contribution in [-0.2, 0) is 6.54 Å². The van der Waals surface area contributed by atoms with E-state index < -0.39 is 0 Å². The summed E-state index contributed by atoms with van der Waals surface area (Å²) in [4.78, 5) is 5.09. The molecular weight excluding hydrogens is 308 g/mol. The van der Waals surface area contributed by atoms with Crippen molar-refractivity contribution in [3.8, 4) is 0 Å². The lowest BCUT2D eigenvalue weighted by atomic mass is 9.69. The van der Waals surface area contributed by atoms with Crippen molar-refractivity contribution >= 4 is 10.8 Å². The molecule has 2 aromatic rings. The first-order valence-corrected chi connectivity index (χ1v) is 9.64. The second kappa shape index (κ2) is 6.71. The van der Waals surface area contributed by atoms with Crippen molar-refractivity contribution < 1.29 is 5.11 Å². The average Bonchev–Trinajstić information content (AvgIpc) is 2.65. The van der Waals surface area contributed by atoms with Crippen LogP contribution in [0.4, 0.5) is 0 Å². The molecule has 3 heteroatoms. The molecule has 2 aliphatic rings. The van der Waals surface area contributed by atoms with Gasteiger partial charge in [0.25, 0.3) is 0 Å². The molecule has 2 fully saturated rings. The van der Waals surface area contributed by atoms with Gasteiger partial charge in [0, 0.05) is 24.5 Å². The minimum absolute atomic E-state index is 0.122. The van der Waals surface area contributed by atoms with Crippen LogP contribution in [0.15, 0.2) is 36.4 Å². The quantitative estimate of drug-likeness (QED) is 0.929. The van der Waals surface area contributed by atoms with Gasteiger partial charge >= 0.3 is 0 Å². The summed E-state index contributed by atoms with van der Waals surface area (Å²) >= 11 is 0. The van der Waals surface area contributed by atoms with E-state index in [0.717, 1.165) is 32.6 Å². The third kappa shape index (κ3) is 2.99. The first-order chi connectivity index (χ1) is 12.1. The lowest BCUT2D eigenvalue weighted by molar-refractivity contribution is -0.0684. The van der Waals surface area contributed by atoms with Crippen molar-refractivity contribution in [3.63, 3.8) is 0 Å². The summed E-state index contributed by atoms with van der Waals surface area (Å²) in [5.74, 6) is 0. The SMILES string of the molecule is Cc1ccc2ccccc2c1CN1CC[C@@]2(CO)CCCN(C)[C@@H]2C1. The molecule has 134 valence electrons. The van der Waals surface area contributed by atoms with Crippen LogP contribution in [0.1, 0.15) is 30.4 Å². The molecule has 0 saturated carbocycles. The van der Waals surface area contributed by atoms with Crippen LogP contribution in [0.3, 0.4) is 0 Å². The Bertz CT molecular complexity index is 759. The van der Waals surface area contributed by atoms with E-state index in [1.165, 1.54) is 34.7 Å². The molecule has 2 saturated heterocycles. The lowest BCUT2D eigenvalue weighted by Gasteiger charge is -2.53. The highest BCUT2D eigenvalue weighted by Gasteiger charge is 2.46. The van der Waals surface area contributed by atoms with Gasteiger partial charge in [0.05, 0.1) is 6.61 Å². The van der Waals surface area contributed by atoms with Crippen LogP contribution in [0.5, 0.6) is 0 Å². The Labute approximate surface area is 151 Å². The number of fused-ring (bicyclic) bond motifs is 2. The molecule has 0 radical (unpaired) electrons. The van der Waals surface area contributed by atoms with Crippen LogP contribution >= 0.6 is 0 Å². The minimum atomic E-state index is 0.122. The summed E-state index contributed by atoms with van der Waals surface area (Å²) in [6, 6.07) is 13.7. The van der Waals surface area contributed by atoms with Gasteiger partial charge in [-0.2, -0.15) is 0 Å². The smallest absolute Gasteiger partial charge is 0.0503 e. The van der Waals surface area contributed by atoms with E-state index in [0.29, 0.717) is 12.6 Å². The van der Waals surface area contributed by atoms with Crippen LogP contribution in [0, 0.1) is 12.3 Å². The summed E-state index contributed by atoms with van der Waals surface area (Å²) in [6.07, 6.45) is 3.51. The van der Waals surface area contributed by atoms with E-state index in [4.69, 9.17) is 0 Å². The fraction of sp³-hybridized carbons (Fsp3) is 0.545. The molecule has 1 N–H and O–H groups in total. The van der Waals surface area contributed by atoms with E-state index in [2.05, 4.69) is 60.2 Å². The molecular formula is C22H30N2O. The number of likely N-dealkylation sites (N-methyl/N-ethyl adjacent to an activating group) is 1. The average molecular weight is 338 g/mol. The highest BCUT2D eigenvalue weighted by molar-refractivity contribution is 5.86. The second-order valence-electron chi connectivity index (χ2n) is 8.19. The van der Waals surface area contributed by atoms with Crippen LogP contribution in [-0.4, -0.2) is 54.2 Å². The third-order valence-electron chi connectivity index (χ3n) is 6.75. The van der Waals surface area contributed by atoms with Gasteiger partial charge in [-0.25, -0.2) is 0 Å². The van der Waals surface area contributed by atoms with Crippen molar-refractivity contribution in [1.82, 2.24) is 9.80 Å². The van der Waals surface area contributed by atoms with Gasteiger partial charge < -0.3 is 10.0 Å². The van der Waals surface area contributed by atoms with E-state index in [-0.39, 0.29) is 5.41 Å². The highest BCUT2D eigenvalue weighted by atomic mass is 16.3. The molecule has 0 spiro atoms. The van der Waals surface area contributed by atoms with Gasteiger partial charge in [-0.05, 0) is 68.2 Å². The molecule has 0 amide bonds. The molecule has 3 nitrogen and oxygen atoms in total. The predicted octanol–water partition coefficient (Wildman–Crippen LogP) is 3.43. The number of nitrogens with zero attached hydrogens (tertiary/aromatic N) is 2. The highest BCUT2D eigenvalue weighted by Crippen LogP contribution is 2.42. The fourth-order valence-electron chi connectivity index (χ4n) is 5.10. The Hall–Kier alpha value is -1.42. The summed E-state index contributed by atoms with van der Waals surface area (Å²) in [7, 11) is 2.24. The molecule has 4 rings (SSSR count). The zero-order valence-corrected chi connectivity index (χ0v) is 15.5. The Balaban J connectivity index is 1.60. The number of piperidine rings is 2. The summed E-state index contributed by atoms with van der Waals surface area (Å²) in [5, 5.41) is 12.8. The zero-order valence-electron chi connectivity index (χ0n) is 15.5. The van der Waals surface area contributed by atoms with Crippen LogP contribution in [0.2, 0.25) is 0 Å². The fourth-order valence-corrected chi connectivity index (χ4v) is 5.10. The number of benzene rings is 2. The minimum Gasteiger partial charge on any atom is -0.396 e. The van der Waals surface area contributed by atoms with Gasteiger partial charge in [-0.3, -0.25) is 4.90 Å². The standard InChI is InChI=1S/C22H30N2O/c1-17-8-9-18-6-3-4-7-19(18)20(17)14-24-13-11-22(16-25)10-5-12-23(2)21(22)15-24/h3-4,6-9,21,25H,5,10-16H2,1-2H3/t21-,22-/m1/s1. The Morgan fingerprint density at radius 2 is 1.96 bits per heavy atom. The monoisotopic (exact) mass is 338 g/mol. The van der Waals surface area contributed by atoms with Crippen molar-refractivity contribution in [2.24, 2.45) is 5.41 Å². The van der Waals surface area contributed by atoms with E-state index in [1.807, 2.05) is 0 Å². The van der Waals surface area contributed by atoms with Gasteiger partial charge in [0.15, 0.2) is 0 Å². The molecule has 0 aliphatic carbocycles. The Morgan fingerprint density at radius 1 is 1.12 bits per heavy atom. The maximum atomic E-state index is 10.1. The number of aliphatic hydroxyl groups excluding tert-OH is 1. The zero-order chi connectivity index (χ0) is 17.4. The Morgan fingerprint density at radius 3 is 2.80 bits per heavy atom. The van der Waals surface area contributed by atoms with Gasteiger partial charge in [0.2, 0.25) is 0 Å². The Kier molecular flexibility index (Phi) is 4.57. The number of likely N-dealkylation sites (tertiary alicyclic amines) is 2. The number of aliphatic hydroxyl groups is 1. The number of hydrogen-bond donors (Lipinski definition) is 1. The summed E-state index contributed by atoms with van der Waals surface area (Å²) in [6.45, 7) is 6.90. The van der Waals surface area contributed by atoms with Crippen LogP contribution in [0.25, 0.3) is 10.8 Å². The molecule has 2 aromatic carbocycles. The molecule has 25 heavy (non-hydrogen) atoms. The normalized spacial score (nSPS) is 28.2. The number of aryl methyl sites for hydroxylation is 1. The molecule has 0 bridgehead atoms. The first kappa shape index (κ1) is 17.0. The van der Waals surface area contributed by atoms with Crippen molar-refractivity contribution in [3.05, 3.63) is 47.5 Å². The first-order valence-electron chi connectivity index (χ1n) is 9.64. The summed E-state index contributed by atoms with van der Waals surface area (Å²) < 4.78 is 0. The van der Waals surface area contributed by atoms with Crippen molar-refractivity contribution in [2.75, 3.05) is 33.3 Å². The molecule has 2 aliphatic heterocycles. The maximum Gasteiger partial charge on any atom is 0.0503 e. The van der Waals surface area contributed by atoms with Crippen LogP contribution < -0.4 is 0 Å². The topological polar surface area (TPSA) is 26.7 Å². The van der Waals surface area contributed by atoms with E-state index in [9.17, 15) is 5.11 Å². The van der Waals surface area contributed by atoms with Gasteiger partial charge in [-0.1, -0.05) is 36.4 Å². The second-order valence-corrected chi connectivity index (χ2v) is 8.19. The van der Waals surface area contributed by atoms with Gasteiger partial charge in [-0.15, -0.1) is 0 Å². The van der Waals surface area contributed by atoms with E-state index >= 15 is 0 Å². The molecule has 2 atom stereocenters. The van der Waals surface area contributed by atoms with E-state index in [1.54, 1.807) is 0 Å². The van der Waals surface area contributed by atoms with Gasteiger partial charge in [0.1, 0.15) is 0 Å². The number of hydrogen-bond acceptors (Lipinski definition) is 3. The maximum absolute atomic E-state index is 10.1. The third-order valence-corrected chi connectivity index (χ3v) is 6.75.